The summed E-state index contributed by atoms with van der Waals surface area (Å²) < 4.78 is 0. The average molecular weight is 251 g/mol. The van der Waals surface area contributed by atoms with Crippen molar-refractivity contribution in [3.63, 3.8) is 0 Å². The molecule has 0 saturated heterocycles. The molecule has 1 aromatic carbocycles. The lowest BCUT2D eigenvalue weighted by Crippen LogP contribution is -1.93. The zero-order valence-corrected chi connectivity index (χ0v) is 9.75. The van der Waals surface area contributed by atoms with Crippen LogP contribution in [-0.4, -0.2) is 30.1 Å². The number of H-pyrrole nitrogens is 2. The van der Waals surface area contributed by atoms with Gasteiger partial charge in [0.2, 0.25) is 0 Å². The zero-order valence-electron chi connectivity index (χ0n) is 9.75. The van der Waals surface area contributed by atoms with Gasteiger partial charge in [0.1, 0.15) is 17.8 Å². The Morgan fingerprint density at radius 1 is 1.11 bits per heavy atom. The lowest BCUT2D eigenvalue weighted by Gasteiger charge is -1.95. The molecule has 3 aromatic heterocycles. The predicted molar refractivity (Wildman–Crippen MR) is 71.2 cm³/mol. The van der Waals surface area contributed by atoms with Crippen molar-refractivity contribution >= 4 is 27.9 Å². The summed E-state index contributed by atoms with van der Waals surface area (Å²) in [4.78, 5) is 15.8. The summed E-state index contributed by atoms with van der Waals surface area (Å²) in [6.45, 7) is 0. The minimum atomic E-state index is 0.384. The molecule has 7 heteroatoms. The Labute approximate surface area is 106 Å². The third-order valence-corrected chi connectivity index (χ3v) is 3.01. The highest BCUT2D eigenvalue weighted by molar-refractivity contribution is 5.97. The van der Waals surface area contributed by atoms with Crippen molar-refractivity contribution in [2.24, 2.45) is 0 Å². The van der Waals surface area contributed by atoms with E-state index >= 15 is 0 Å². The minimum absolute atomic E-state index is 0.384. The Balaban J connectivity index is 2.04. The first-order valence-corrected chi connectivity index (χ1v) is 5.72. The van der Waals surface area contributed by atoms with E-state index in [-0.39, 0.29) is 0 Å². The van der Waals surface area contributed by atoms with Crippen molar-refractivity contribution in [2.45, 2.75) is 0 Å². The molecule has 0 radical (unpaired) electrons. The summed E-state index contributed by atoms with van der Waals surface area (Å²) >= 11 is 0. The van der Waals surface area contributed by atoms with Crippen LogP contribution in [0.25, 0.3) is 33.6 Å². The number of benzene rings is 1. The van der Waals surface area contributed by atoms with Crippen LogP contribution in [0.5, 0.6) is 0 Å². The van der Waals surface area contributed by atoms with E-state index in [1.54, 1.807) is 0 Å². The summed E-state index contributed by atoms with van der Waals surface area (Å²) in [5.74, 6) is 1.06. The minimum Gasteiger partial charge on any atom is -0.383 e. The number of fused-ring (bicyclic) bond motifs is 2. The first-order chi connectivity index (χ1) is 9.33. The van der Waals surface area contributed by atoms with E-state index in [0.29, 0.717) is 28.4 Å². The van der Waals surface area contributed by atoms with Gasteiger partial charge in [-0.3, -0.25) is 5.10 Å². The van der Waals surface area contributed by atoms with E-state index in [1.807, 2.05) is 24.3 Å². The standard InChI is InChI=1S/C12H9N7/c13-10-8-9(18-19-11(8)15-5-14-10)12-16-6-3-1-2-4-7(6)17-12/h1-5H,(H,16,17)(H3,13,14,15,18,19). The maximum Gasteiger partial charge on any atom is 0.186 e. The van der Waals surface area contributed by atoms with Crippen LogP contribution in [0, 0.1) is 0 Å². The van der Waals surface area contributed by atoms with Gasteiger partial charge in [0.05, 0.1) is 16.4 Å². The molecule has 0 bridgehead atoms. The van der Waals surface area contributed by atoms with Gasteiger partial charge in [-0.05, 0) is 12.1 Å². The molecule has 19 heavy (non-hydrogen) atoms. The summed E-state index contributed by atoms with van der Waals surface area (Å²) in [6.07, 6.45) is 1.39. The molecular weight excluding hydrogens is 242 g/mol. The molecule has 0 atom stereocenters. The molecule has 7 nitrogen and oxygen atoms in total. The van der Waals surface area contributed by atoms with Gasteiger partial charge < -0.3 is 10.7 Å². The number of hydrogen-bond donors (Lipinski definition) is 3. The van der Waals surface area contributed by atoms with Gasteiger partial charge in [-0.25, -0.2) is 15.0 Å². The monoisotopic (exact) mass is 251 g/mol. The quantitative estimate of drug-likeness (QED) is 0.474. The molecule has 0 aliphatic carbocycles. The number of hydrogen-bond acceptors (Lipinski definition) is 5. The summed E-state index contributed by atoms with van der Waals surface area (Å²) in [5, 5.41) is 7.70. The smallest absolute Gasteiger partial charge is 0.186 e. The Kier molecular flexibility index (Phi) is 1.85. The second-order valence-corrected chi connectivity index (χ2v) is 4.16. The third kappa shape index (κ3) is 1.38. The first kappa shape index (κ1) is 10.0. The van der Waals surface area contributed by atoms with Gasteiger partial charge in [0.25, 0.3) is 0 Å². The number of para-hydroxylation sites is 2. The molecule has 0 unspecified atom stereocenters. The van der Waals surface area contributed by atoms with Crippen LogP contribution in [0.4, 0.5) is 5.82 Å². The summed E-state index contributed by atoms with van der Waals surface area (Å²) in [6, 6.07) is 7.79. The van der Waals surface area contributed by atoms with Crippen molar-refractivity contribution in [3.8, 4) is 11.5 Å². The molecule has 0 amide bonds. The van der Waals surface area contributed by atoms with Gasteiger partial charge >= 0.3 is 0 Å². The van der Waals surface area contributed by atoms with E-state index in [1.165, 1.54) is 6.33 Å². The molecule has 4 aromatic rings. The number of rotatable bonds is 1. The van der Waals surface area contributed by atoms with Gasteiger partial charge in [0.15, 0.2) is 11.5 Å². The van der Waals surface area contributed by atoms with Crippen molar-refractivity contribution in [1.82, 2.24) is 30.1 Å². The molecule has 3 heterocycles. The second-order valence-electron chi connectivity index (χ2n) is 4.16. The van der Waals surface area contributed by atoms with Crippen molar-refractivity contribution in [3.05, 3.63) is 30.6 Å². The number of nitrogen functional groups attached to an aromatic ring is 1. The molecule has 0 aliphatic rings. The Morgan fingerprint density at radius 2 is 2.00 bits per heavy atom. The SMILES string of the molecule is Nc1ncnc2n[nH]c(-c3nc4ccccc4[nH]3)c12. The number of nitrogens with one attached hydrogen (secondary N) is 2. The molecule has 0 spiro atoms. The number of nitrogens with two attached hydrogens (primary N) is 1. The van der Waals surface area contributed by atoms with Gasteiger partial charge in [-0.15, -0.1) is 0 Å². The number of nitrogens with zero attached hydrogens (tertiary/aromatic N) is 4. The van der Waals surface area contributed by atoms with Crippen LogP contribution in [0.1, 0.15) is 0 Å². The molecule has 92 valence electrons. The van der Waals surface area contributed by atoms with E-state index in [4.69, 9.17) is 5.73 Å². The van der Waals surface area contributed by atoms with Crippen LogP contribution in [-0.2, 0) is 0 Å². The number of imidazole rings is 1. The molecule has 0 saturated carbocycles. The Morgan fingerprint density at radius 3 is 2.89 bits per heavy atom. The van der Waals surface area contributed by atoms with Gasteiger partial charge in [-0.2, -0.15) is 5.10 Å². The molecule has 4 N–H and O–H groups in total. The van der Waals surface area contributed by atoms with Crippen LogP contribution in [0.15, 0.2) is 30.6 Å². The lowest BCUT2D eigenvalue weighted by atomic mass is 10.3. The second kappa shape index (κ2) is 3.52. The van der Waals surface area contributed by atoms with Crippen molar-refractivity contribution < 1.29 is 0 Å². The number of aromatic nitrogens is 6. The molecule has 0 aliphatic heterocycles. The Hall–Kier alpha value is -2.96. The molecule has 4 rings (SSSR count). The largest absolute Gasteiger partial charge is 0.383 e. The molecular formula is C12H9N7. The zero-order chi connectivity index (χ0) is 12.8. The van der Waals surface area contributed by atoms with Crippen molar-refractivity contribution in [1.29, 1.82) is 0 Å². The molecule has 0 fully saturated rings. The van der Waals surface area contributed by atoms with Crippen LogP contribution in [0.2, 0.25) is 0 Å². The fourth-order valence-corrected chi connectivity index (χ4v) is 2.12. The normalized spacial score (nSPS) is 11.4. The maximum absolute atomic E-state index is 5.88. The first-order valence-electron chi connectivity index (χ1n) is 5.72. The van der Waals surface area contributed by atoms with Gasteiger partial charge in [-0.1, -0.05) is 12.1 Å². The fraction of sp³-hybridized carbons (Fsp3) is 0. The van der Waals surface area contributed by atoms with Gasteiger partial charge in [0, 0.05) is 0 Å². The number of aromatic amines is 2. The predicted octanol–water partition coefficient (Wildman–Crippen LogP) is 1.48. The highest BCUT2D eigenvalue weighted by Gasteiger charge is 2.15. The van der Waals surface area contributed by atoms with Crippen molar-refractivity contribution in [2.75, 3.05) is 5.73 Å². The van der Waals surface area contributed by atoms with E-state index < -0.39 is 0 Å². The fourth-order valence-electron chi connectivity index (χ4n) is 2.12. The Bertz CT molecular complexity index is 856. The highest BCUT2D eigenvalue weighted by Crippen LogP contribution is 2.27. The average Bonchev–Trinajstić information content (AvgIpc) is 3.02. The topological polar surface area (TPSA) is 109 Å². The van der Waals surface area contributed by atoms with Crippen LogP contribution >= 0.6 is 0 Å². The number of anilines is 1. The van der Waals surface area contributed by atoms with E-state index in [2.05, 4.69) is 30.1 Å². The maximum atomic E-state index is 5.88. The van der Waals surface area contributed by atoms with E-state index in [9.17, 15) is 0 Å². The lowest BCUT2D eigenvalue weighted by molar-refractivity contribution is 1.08. The van der Waals surface area contributed by atoms with Crippen LogP contribution < -0.4 is 5.73 Å². The summed E-state index contributed by atoms with van der Waals surface area (Å²) in [7, 11) is 0. The van der Waals surface area contributed by atoms with Crippen LogP contribution in [0.3, 0.4) is 0 Å². The third-order valence-electron chi connectivity index (χ3n) is 3.01. The van der Waals surface area contributed by atoms with E-state index in [0.717, 1.165) is 11.0 Å². The highest BCUT2D eigenvalue weighted by atomic mass is 15.2. The summed E-state index contributed by atoms with van der Waals surface area (Å²) in [5.41, 5.74) is 8.95.